The van der Waals surface area contributed by atoms with Crippen molar-refractivity contribution in [2.24, 2.45) is 0 Å². The van der Waals surface area contributed by atoms with Gasteiger partial charge in [-0.05, 0) is 35.9 Å². The number of pyridine rings is 1. The Balaban J connectivity index is 1.85. The van der Waals surface area contributed by atoms with E-state index in [1.54, 1.807) is 0 Å². The summed E-state index contributed by atoms with van der Waals surface area (Å²) in [5.41, 5.74) is 2.44. The molecule has 0 saturated heterocycles. The average molecular weight is 635 g/mol. The van der Waals surface area contributed by atoms with E-state index in [2.05, 4.69) is 11.1 Å². The third-order valence-corrected chi connectivity index (χ3v) is 11.5. The molecular weight excluding hydrogens is 601 g/mol. The zero-order chi connectivity index (χ0) is 29.9. The Hall–Kier alpha value is -2.72. The Kier molecular flexibility index (Phi) is 12.4. The number of aromatic nitrogens is 1. The first-order valence-corrected chi connectivity index (χ1v) is 18.9. The quantitative estimate of drug-likeness (QED) is 0.142. The summed E-state index contributed by atoms with van der Waals surface area (Å²) in [5.74, 6) is -2.36. The maximum Gasteiger partial charge on any atom is 0.316 e. The van der Waals surface area contributed by atoms with Gasteiger partial charge in [0.05, 0.1) is 44.9 Å². The van der Waals surface area contributed by atoms with Crippen LogP contribution in [0.3, 0.4) is 0 Å². The number of nitriles is 1. The summed E-state index contributed by atoms with van der Waals surface area (Å²) in [5, 5.41) is 12.3. The van der Waals surface area contributed by atoms with E-state index in [4.69, 9.17) is 4.74 Å². The third kappa shape index (κ3) is 10.3. The summed E-state index contributed by atoms with van der Waals surface area (Å²) < 4.78 is 56.0. The van der Waals surface area contributed by atoms with Crippen LogP contribution >= 0.6 is 23.1 Å². The summed E-state index contributed by atoms with van der Waals surface area (Å²) in [6, 6.07) is 17.3. The second-order valence-electron chi connectivity index (χ2n) is 9.53. The van der Waals surface area contributed by atoms with Crippen LogP contribution in [0.15, 0.2) is 58.9 Å². The van der Waals surface area contributed by atoms with Crippen LogP contribution in [-0.2, 0) is 29.2 Å². The average Bonchev–Trinajstić information content (AvgIpc) is 3.48. The van der Waals surface area contributed by atoms with E-state index in [9.17, 15) is 26.9 Å². The number of ether oxygens (including phenoxy) is 1. The summed E-state index contributed by atoms with van der Waals surface area (Å²) >= 11 is 2.50. The molecule has 0 fully saturated rings. The SMILES string of the molecule is CCCCS(=O)(=O)CC(CS(=O)(=O)CCCC)OC(=O)CSc1nc(-c2cccs2)cc(-c2ccccc2)c1C#N. The molecule has 3 rings (SSSR count). The molecular formula is C29H34N2O6S4. The van der Waals surface area contributed by atoms with E-state index >= 15 is 0 Å². The van der Waals surface area contributed by atoms with Gasteiger partial charge in [0, 0.05) is 5.56 Å². The van der Waals surface area contributed by atoms with Crippen molar-refractivity contribution in [3.05, 3.63) is 59.5 Å². The number of carbonyl (C=O) groups is 1. The van der Waals surface area contributed by atoms with Gasteiger partial charge in [0.15, 0.2) is 19.7 Å². The van der Waals surface area contributed by atoms with Crippen LogP contribution in [0.1, 0.15) is 45.1 Å². The van der Waals surface area contributed by atoms with E-state index in [0.717, 1.165) is 22.2 Å². The molecule has 0 saturated carbocycles. The van der Waals surface area contributed by atoms with Gasteiger partial charge in [0.2, 0.25) is 0 Å². The fourth-order valence-electron chi connectivity index (χ4n) is 4.06. The first-order chi connectivity index (χ1) is 19.6. The Labute approximate surface area is 251 Å². The largest absolute Gasteiger partial charge is 0.460 e. The topological polar surface area (TPSA) is 131 Å². The minimum Gasteiger partial charge on any atom is -0.460 e. The number of thioether (sulfide) groups is 1. The maximum atomic E-state index is 13.0. The van der Waals surface area contributed by atoms with Gasteiger partial charge >= 0.3 is 5.97 Å². The second kappa shape index (κ2) is 15.5. The first-order valence-electron chi connectivity index (χ1n) is 13.3. The standard InChI is InChI=1S/C29H34N2O6S4/c1-3-5-15-40(33,34)20-23(21-41(35,36)16-6-4-2)37-28(32)19-39-29-25(18-30)24(22-11-8-7-9-12-22)17-26(31-29)27-13-10-14-38-27/h7-14,17,23H,3-6,15-16,19-21H2,1-2H3. The van der Waals surface area contributed by atoms with Crippen LogP contribution < -0.4 is 0 Å². The van der Waals surface area contributed by atoms with Gasteiger partial charge in [-0.2, -0.15) is 5.26 Å². The van der Waals surface area contributed by atoms with Crippen LogP contribution in [0.2, 0.25) is 0 Å². The molecule has 0 atom stereocenters. The highest BCUT2D eigenvalue weighted by atomic mass is 32.2. The van der Waals surface area contributed by atoms with E-state index in [-0.39, 0.29) is 17.3 Å². The molecule has 0 aliphatic carbocycles. The molecule has 12 heteroatoms. The number of rotatable bonds is 16. The summed E-state index contributed by atoms with van der Waals surface area (Å²) in [4.78, 5) is 18.5. The van der Waals surface area contributed by atoms with Gasteiger partial charge < -0.3 is 4.74 Å². The van der Waals surface area contributed by atoms with Crippen molar-refractivity contribution in [3.8, 4) is 27.8 Å². The lowest BCUT2D eigenvalue weighted by Crippen LogP contribution is -2.35. The Morgan fingerprint density at radius 2 is 1.63 bits per heavy atom. The predicted octanol–water partition coefficient (Wildman–Crippen LogP) is 5.78. The molecule has 0 unspecified atom stereocenters. The van der Waals surface area contributed by atoms with Gasteiger partial charge in [-0.15, -0.1) is 11.3 Å². The van der Waals surface area contributed by atoms with Crippen molar-refractivity contribution in [3.63, 3.8) is 0 Å². The maximum absolute atomic E-state index is 13.0. The number of unbranched alkanes of at least 4 members (excludes halogenated alkanes) is 2. The highest BCUT2D eigenvalue weighted by molar-refractivity contribution is 8.00. The molecule has 0 N–H and O–H groups in total. The van der Waals surface area contributed by atoms with Gasteiger partial charge in [0.25, 0.3) is 0 Å². The minimum absolute atomic E-state index is 0.103. The molecule has 0 spiro atoms. The van der Waals surface area contributed by atoms with Gasteiger partial charge in [-0.1, -0.05) is 74.8 Å². The van der Waals surface area contributed by atoms with Crippen molar-refractivity contribution in [1.82, 2.24) is 4.98 Å². The van der Waals surface area contributed by atoms with Crippen LogP contribution in [0.5, 0.6) is 0 Å². The monoisotopic (exact) mass is 634 g/mol. The smallest absolute Gasteiger partial charge is 0.316 e. The normalized spacial score (nSPS) is 11.9. The summed E-state index contributed by atoms with van der Waals surface area (Å²) in [6.45, 7) is 3.72. The predicted molar refractivity (Wildman–Crippen MR) is 165 cm³/mol. The molecule has 0 radical (unpaired) electrons. The van der Waals surface area contributed by atoms with Crippen molar-refractivity contribution in [2.75, 3.05) is 28.8 Å². The van der Waals surface area contributed by atoms with Gasteiger partial charge in [0.1, 0.15) is 17.2 Å². The van der Waals surface area contributed by atoms with Crippen LogP contribution in [0.25, 0.3) is 21.7 Å². The lowest BCUT2D eigenvalue weighted by Gasteiger charge is -2.18. The molecule has 0 aliphatic heterocycles. The fraction of sp³-hybridized carbons (Fsp3) is 0.414. The van der Waals surface area contributed by atoms with E-state index in [1.165, 1.54) is 11.3 Å². The van der Waals surface area contributed by atoms with E-state index < -0.39 is 43.3 Å². The molecule has 0 aliphatic rings. The van der Waals surface area contributed by atoms with Crippen LogP contribution in [0.4, 0.5) is 0 Å². The highest BCUT2D eigenvalue weighted by Crippen LogP contribution is 2.35. The molecule has 0 amide bonds. The number of esters is 1. The van der Waals surface area contributed by atoms with Gasteiger partial charge in [-0.25, -0.2) is 21.8 Å². The van der Waals surface area contributed by atoms with E-state index in [0.29, 0.717) is 47.5 Å². The van der Waals surface area contributed by atoms with Crippen molar-refractivity contribution < 1.29 is 26.4 Å². The zero-order valence-electron chi connectivity index (χ0n) is 23.1. The van der Waals surface area contributed by atoms with Crippen molar-refractivity contribution >= 4 is 48.7 Å². The summed E-state index contributed by atoms with van der Waals surface area (Å²) in [7, 11) is -7.26. The van der Waals surface area contributed by atoms with E-state index in [1.807, 2.05) is 67.8 Å². The molecule has 2 heterocycles. The number of hydrogen-bond donors (Lipinski definition) is 0. The van der Waals surface area contributed by atoms with Crippen LogP contribution in [0, 0.1) is 11.3 Å². The molecule has 220 valence electrons. The Morgan fingerprint density at radius 1 is 1.00 bits per heavy atom. The number of carbonyl (C=O) groups excluding carboxylic acids is 1. The van der Waals surface area contributed by atoms with Gasteiger partial charge in [-0.3, -0.25) is 4.79 Å². The van der Waals surface area contributed by atoms with Crippen molar-refractivity contribution in [1.29, 1.82) is 5.26 Å². The zero-order valence-corrected chi connectivity index (χ0v) is 26.4. The number of nitrogens with zero attached hydrogens (tertiary/aromatic N) is 2. The fourth-order valence-corrected chi connectivity index (χ4v) is 8.97. The second-order valence-corrected chi connectivity index (χ2v) is 15.9. The molecule has 2 aromatic heterocycles. The third-order valence-electron chi connectivity index (χ3n) is 6.08. The van der Waals surface area contributed by atoms with Crippen molar-refractivity contribution in [2.45, 2.75) is 50.7 Å². The highest BCUT2D eigenvalue weighted by Gasteiger charge is 2.28. The number of hydrogen-bond acceptors (Lipinski definition) is 10. The Bertz CT molecular complexity index is 1510. The molecule has 1 aromatic carbocycles. The number of sulfone groups is 2. The minimum atomic E-state index is -3.63. The lowest BCUT2D eigenvalue weighted by molar-refractivity contribution is -0.143. The molecule has 3 aromatic rings. The number of benzene rings is 1. The molecule has 0 bridgehead atoms. The summed E-state index contributed by atoms with van der Waals surface area (Å²) in [6.07, 6.45) is 0.896. The molecule has 41 heavy (non-hydrogen) atoms. The number of thiophene rings is 1. The van der Waals surface area contributed by atoms with Crippen LogP contribution in [-0.4, -0.2) is 62.7 Å². The Morgan fingerprint density at radius 3 is 2.17 bits per heavy atom. The first kappa shape index (κ1) is 32.8. The lowest BCUT2D eigenvalue weighted by atomic mass is 10.0. The molecule has 8 nitrogen and oxygen atoms in total.